The molecule has 10 heteroatoms. The van der Waals surface area contributed by atoms with Gasteiger partial charge in [-0.2, -0.15) is 0 Å². The number of nitrogens with zero attached hydrogens (tertiary/aromatic N) is 1. The summed E-state index contributed by atoms with van der Waals surface area (Å²) in [6.07, 6.45) is 0. The highest BCUT2D eigenvalue weighted by atomic mass is 32.1. The molecule has 0 aliphatic heterocycles. The number of carbonyl (C=O) groups is 2. The Kier molecular flexibility index (Phi) is 6.63. The summed E-state index contributed by atoms with van der Waals surface area (Å²) < 4.78 is 13.0. The zero-order chi connectivity index (χ0) is 22.4. The van der Waals surface area contributed by atoms with E-state index in [9.17, 15) is 24.1 Å². The van der Waals surface area contributed by atoms with E-state index in [-0.39, 0.29) is 16.4 Å². The van der Waals surface area contributed by atoms with Crippen molar-refractivity contribution in [3.63, 3.8) is 0 Å². The number of thiocarbonyl (C=S) groups is 1. The standard InChI is InChI=1S/C21H15FN4O4S/c22-15-7-9-16(10-8-15)23-19(27)13-3-1-5-17(11-13)24-21(31)25-20(28)14-4-2-6-18(12-14)26(29)30/h1-12H,(H,23,27)(H2,24,25,28,31). The van der Waals surface area contributed by atoms with Crippen LogP contribution in [0.15, 0.2) is 72.8 Å². The normalized spacial score (nSPS) is 10.1. The van der Waals surface area contributed by atoms with Crippen LogP contribution in [0, 0.1) is 15.9 Å². The van der Waals surface area contributed by atoms with Crippen molar-refractivity contribution < 1.29 is 18.9 Å². The van der Waals surface area contributed by atoms with Crippen molar-refractivity contribution in [3.05, 3.63) is 99.9 Å². The maximum absolute atomic E-state index is 13.0. The molecule has 156 valence electrons. The van der Waals surface area contributed by atoms with E-state index in [0.29, 0.717) is 16.9 Å². The second-order valence-corrected chi connectivity index (χ2v) is 6.67. The number of hydrogen-bond acceptors (Lipinski definition) is 5. The molecule has 0 aromatic heterocycles. The Morgan fingerprint density at radius 2 is 1.48 bits per heavy atom. The van der Waals surface area contributed by atoms with Gasteiger partial charge in [0.15, 0.2) is 5.11 Å². The Morgan fingerprint density at radius 1 is 0.839 bits per heavy atom. The fourth-order valence-electron chi connectivity index (χ4n) is 2.57. The van der Waals surface area contributed by atoms with Gasteiger partial charge in [0.25, 0.3) is 17.5 Å². The molecule has 8 nitrogen and oxygen atoms in total. The van der Waals surface area contributed by atoms with Crippen molar-refractivity contribution in [2.75, 3.05) is 10.6 Å². The van der Waals surface area contributed by atoms with Crippen molar-refractivity contribution in [2.45, 2.75) is 0 Å². The maximum Gasteiger partial charge on any atom is 0.270 e. The second-order valence-electron chi connectivity index (χ2n) is 6.26. The van der Waals surface area contributed by atoms with Crippen LogP contribution in [0.2, 0.25) is 0 Å². The Labute approximate surface area is 181 Å². The summed E-state index contributed by atoms with van der Waals surface area (Å²) in [5, 5.41) is 18.6. The minimum absolute atomic E-state index is 0.0485. The molecule has 0 radical (unpaired) electrons. The smallest absolute Gasteiger partial charge is 0.270 e. The number of halogens is 1. The largest absolute Gasteiger partial charge is 0.332 e. The molecule has 0 heterocycles. The number of hydrogen-bond donors (Lipinski definition) is 3. The molecule has 2 amide bonds. The van der Waals surface area contributed by atoms with Crippen LogP contribution in [-0.4, -0.2) is 21.9 Å². The fraction of sp³-hybridized carbons (Fsp3) is 0. The first-order valence-corrected chi connectivity index (χ1v) is 9.26. The molecule has 0 bridgehead atoms. The zero-order valence-corrected chi connectivity index (χ0v) is 16.6. The molecule has 3 N–H and O–H groups in total. The van der Waals surface area contributed by atoms with Crippen LogP contribution < -0.4 is 16.0 Å². The van der Waals surface area contributed by atoms with Crippen molar-refractivity contribution in [2.24, 2.45) is 0 Å². The molecule has 31 heavy (non-hydrogen) atoms. The highest BCUT2D eigenvalue weighted by Gasteiger charge is 2.13. The monoisotopic (exact) mass is 438 g/mol. The minimum Gasteiger partial charge on any atom is -0.332 e. The van der Waals surface area contributed by atoms with Gasteiger partial charge in [0.1, 0.15) is 5.82 Å². The fourth-order valence-corrected chi connectivity index (χ4v) is 2.78. The van der Waals surface area contributed by atoms with Gasteiger partial charge in [0.05, 0.1) is 4.92 Å². The molecule has 0 saturated heterocycles. The Morgan fingerprint density at radius 3 is 2.16 bits per heavy atom. The summed E-state index contributed by atoms with van der Waals surface area (Å²) in [5.41, 5.74) is 1.04. The highest BCUT2D eigenvalue weighted by Crippen LogP contribution is 2.15. The van der Waals surface area contributed by atoms with E-state index in [1.54, 1.807) is 18.2 Å². The number of amides is 2. The van der Waals surface area contributed by atoms with Crippen LogP contribution in [0.3, 0.4) is 0 Å². The summed E-state index contributed by atoms with van der Waals surface area (Å²) in [4.78, 5) is 34.9. The quantitative estimate of drug-likeness (QED) is 0.314. The van der Waals surface area contributed by atoms with Crippen LogP contribution in [0.4, 0.5) is 21.5 Å². The lowest BCUT2D eigenvalue weighted by atomic mass is 10.2. The SMILES string of the molecule is O=C(NC(=S)Nc1cccc(C(=O)Nc2ccc(F)cc2)c1)c1cccc([N+](=O)[O-])c1. The molecule has 3 aromatic carbocycles. The number of carbonyl (C=O) groups excluding carboxylic acids is 2. The molecule has 0 unspecified atom stereocenters. The first-order chi connectivity index (χ1) is 14.8. The number of anilines is 2. The van der Waals surface area contributed by atoms with E-state index < -0.39 is 22.6 Å². The molecule has 0 fully saturated rings. The topological polar surface area (TPSA) is 113 Å². The van der Waals surface area contributed by atoms with Crippen LogP contribution in [0.5, 0.6) is 0 Å². The highest BCUT2D eigenvalue weighted by molar-refractivity contribution is 7.80. The van der Waals surface area contributed by atoms with Gasteiger partial charge in [-0.15, -0.1) is 0 Å². The number of nitro benzene ring substituents is 1. The lowest BCUT2D eigenvalue weighted by Gasteiger charge is -2.11. The van der Waals surface area contributed by atoms with E-state index in [1.165, 1.54) is 48.5 Å². The predicted octanol–water partition coefficient (Wildman–Crippen LogP) is 4.11. The van der Waals surface area contributed by atoms with E-state index >= 15 is 0 Å². The third-order valence-electron chi connectivity index (χ3n) is 4.03. The van der Waals surface area contributed by atoms with E-state index in [4.69, 9.17) is 12.2 Å². The lowest BCUT2D eigenvalue weighted by Crippen LogP contribution is -2.34. The van der Waals surface area contributed by atoms with Crippen LogP contribution >= 0.6 is 12.2 Å². The van der Waals surface area contributed by atoms with Crippen molar-refractivity contribution in [1.29, 1.82) is 0 Å². The van der Waals surface area contributed by atoms with Gasteiger partial charge in [-0.3, -0.25) is 25.0 Å². The Bertz CT molecular complexity index is 1170. The number of rotatable bonds is 5. The third kappa shape index (κ3) is 5.90. The molecular formula is C21H15FN4O4S. The Balaban J connectivity index is 1.63. The van der Waals surface area contributed by atoms with E-state index in [0.717, 1.165) is 6.07 Å². The lowest BCUT2D eigenvalue weighted by molar-refractivity contribution is -0.384. The number of nitrogens with one attached hydrogen (secondary N) is 3. The second kappa shape index (κ2) is 9.55. The summed E-state index contributed by atoms with van der Waals surface area (Å²) in [5.74, 6) is -1.45. The first-order valence-electron chi connectivity index (χ1n) is 8.85. The average Bonchev–Trinajstić information content (AvgIpc) is 2.75. The van der Waals surface area contributed by atoms with Crippen molar-refractivity contribution >= 4 is 46.2 Å². The van der Waals surface area contributed by atoms with Gasteiger partial charge in [0, 0.05) is 34.6 Å². The van der Waals surface area contributed by atoms with Crippen LogP contribution in [0.25, 0.3) is 0 Å². The zero-order valence-electron chi connectivity index (χ0n) is 15.8. The van der Waals surface area contributed by atoms with Gasteiger partial charge >= 0.3 is 0 Å². The number of benzene rings is 3. The van der Waals surface area contributed by atoms with Crippen LogP contribution in [-0.2, 0) is 0 Å². The number of non-ortho nitro benzene ring substituents is 1. The first kappa shape index (κ1) is 21.5. The molecule has 0 aliphatic rings. The van der Waals surface area contributed by atoms with Gasteiger partial charge in [-0.05, 0) is 60.7 Å². The van der Waals surface area contributed by atoms with Gasteiger partial charge in [-0.25, -0.2) is 4.39 Å². The maximum atomic E-state index is 13.0. The molecule has 0 aliphatic carbocycles. The van der Waals surface area contributed by atoms with E-state index in [1.807, 2.05) is 0 Å². The average molecular weight is 438 g/mol. The molecule has 3 rings (SSSR count). The minimum atomic E-state index is -0.619. The summed E-state index contributed by atoms with van der Waals surface area (Å²) in [7, 11) is 0. The number of nitro groups is 1. The third-order valence-corrected chi connectivity index (χ3v) is 4.24. The summed E-state index contributed by atoms with van der Waals surface area (Å²) in [6, 6.07) is 16.9. The molecular weight excluding hydrogens is 423 g/mol. The van der Waals surface area contributed by atoms with E-state index in [2.05, 4.69) is 16.0 Å². The molecule has 0 saturated carbocycles. The summed E-state index contributed by atoms with van der Waals surface area (Å²) in [6.45, 7) is 0. The van der Waals surface area contributed by atoms with Gasteiger partial charge in [-0.1, -0.05) is 12.1 Å². The van der Waals surface area contributed by atoms with Gasteiger partial charge in [0.2, 0.25) is 0 Å². The molecule has 3 aromatic rings. The summed E-state index contributed by atoms with van der Waals surface area (Å²) >= 11 is 5.11. The van der Waals surface area contributed by atoms with Crippen LogP contribution in [0.1, 0.15) is 20.7 Å². The predicted molar refractivity (Wildman–Crippen MR) is 118 cm³/mol. The Hall–Kier alpha value is -4.18. The van der Waals surface area contributed by atoms with Crippen molar-refractivity contribution in [1.82, 2.24) is 5.32 Å². The van der Waals surface area contributed by atoms with Crippen molar-refractivity contribution in [3.8, 4) is 0 Å². The van der Waals surface area contributed by atoms with Gasteiger partial charge < -0.3 is 10.6 Å². The molecule has 0 atom stereocenters. The molecule has 0 spiro atoms.